The summed E-state index contributed by atoms with van der Waals surface area (Å²) in [4.78, 5) is 0. The number of rotatable bonds is 5. The van der Waals surface area contributed by atoms with E-state index in [0.29, 0.717) is 6.54 Å². The Kier molecular flexibility index (Phi) is 3.02. The topological polar surface area (TPSA) is 66.5 Å². The lowest BCUT2D eigenvalue weighted by Crippen LogP contribution is -2.15. The summed E-state index contributed by atoms with van der Waals surface area (Å²) >= 11 is 0. The molecule has 0 bridgehead atoms. The monoisotopic (exact) mass is 253 g/mol. The van der Waals surface area contributed by atoms with Crippen LogP contribution in [0, 0.1) is 11.3 Å². The minimum absolute atomic E-state index is 0.412. The number of nitrogens with one attached hydrogen (secondary N) is 1. The van der Waals surface area contributed by atoms with Crippen molar-refractivity contribution in [3.05, 3.63) is 47.8 Å². The van der Waals surface area contributed by atoms with Gasteiger partial charge in [-0.2, -0.15) is 5.26 Å². The number of aromatic nitrogens is 3. The van der Waals surface area contributed by atoms with Gasteiger partial charge in [0.05, 0.1) is 18.0 Å². The molecular formula is C14H15N5. The fraction of sp³-hybridized carbons (Fsp3) is 0.357. The van der Waals surface area contributed by atoms with Crippen LogP contribution >= 0.6 is 0 Å². The third kappa shape index (κ3) is 2.49. The second-order valence-electron chi connectivity index (χ2n) is 4.89. The van der Waals surface area contributed by atoms with Gasteiger partial charge < -0.3 is 5.32 Å². The van der Waals surface area contributed by atoms with Gasteiger partial charge in [0.15, 0.2) is 5.54 Å². The molecule has 19 heavy (non-hydrogen) atoms. The number of hydrogen-bond acceptors (Lipinski definition) is 4. The van der Waals surface area contributed by atoms with Crippen LogP contribution in [0.25, 0.3) is 0 Å². The second-order valence-corrected chi connectivity index (χ2v) is 4.89. The van der Waals surface area contributed by atoms with E-state index in [0.717, 1.165) is 25.1 Å². The molecule has 1 N–H and O–H groups in total. The van der Waals surface area contributed by atoms with Gasteiger partial charge in [-0.05, 0) is 18.4 Å². The van der Waals surface area contributed by atoms with E-state index in [2.05, 4.69) is 33.8 Å². The zero-order valence-electron chi connectivity index (χ0n) is 10.6. The molecule has 3 rings (SSSR count). The fourth-order valence-electron chi connectivity index (χ4n) is 2.03. The third-order valence-corrected chi connectivity index (χ3v) is 3.39. The van der Waals surface area contributed by atoms with Crippen molar-refractivity contribution in [2.45, 2.75) is 31.5 Å². The van der Waals surface area contributed by atoms with Crippen molar-refractivity contribution in [2.75, 3.05) is 0 Å². The quantitative estimate of drug-likeness (QED) is 0.878. The van der Waals surface area contributed by atoms with Gasteiger partial charge >= 0.3 is 0 Å². The van der Waals surface area contributed by atoms with Gasteiger partial charge in [0.2, 0.25) is 0 Å². The molecule has 1 heterocycles. The maximum absolute atomic E-state index is 9.09. The number of benzene rings is 1. The molecule has 0 spiro atoms. The Balaban J connectivity index is 1.55. The van der Waals surface area contributed by atoms with E-state index in [1.807, 2.05) is 24.4 Å². The van der Waals surface area contributed by atoms with Crippen molar-refractivity contribution in [2.24, 2.45) is 0 Å². The zero-order chi connectivity index (χ0) is 13.1. The highest BCUT2D eigenvalue weighted by molar-refractivity contribution is 5.16. The summed E-state index contributed by atoms with van der Waals surface area (Å²) in [6.07, 6.45) is 3.63. The van der Waals surface area contributed by atoms with Crippen molar-refractivity contribution >= 4 is 0 Å². The van der Waals surface area contributed by atoms with Crippen molar-refractivity contribution < 1.29 is 0 Å². The van der Waals surface area contributed by atoms with Gasteiger partial charge in [0.25, 0.3) is 0 Å². The average molecular weight is 253 g/mol. The highest BCUT2D eigenvalue weighted by Gasteiger charge is 2.46. The van der Waals surface area contributed by atoms with Crippen molar-refractivity contribution in [1.82, 2.24) is 20.3 Å². The molecule has 0 aliphatic heterocycles. The standard InChI is InChI=1S/C14H15N5/c15-11-14(6-7-14)19-10-13(17-18-19)9-16-8-12-4-2-1-3-5-12/h1-5,10,16H,6-9H2. The van der Waals surface area contributed by atoms with Crippen LogP contribution in [0.4, 0.5) is 0 Å². The Morgan fingerprint density at radius 2 is 2.05 bits per heavy atom. The molecule has 5 heteroatoms. The third-order valence-electron chi connectivity index (χ3n) is 3.39. The maximum atomic E-state index is 9.09. The minimum atomic E-state index is -0.412. The molecule has 0 atom stereocenters. The smallest absolute Gasteiger partial charge is 0.150 e. The molecule has 0 saturated heterocycles. The molecule has 0 radical (unpaired) electrons. The van der Waals surface area contributed by atoms with Gasteiger partial charge in [-0.1, -0.05) is 35.5 Å². The highest BCUT2D eigenvalue weighted by atomic mass is 15.5. The fourth-order valence-corrected chi connectivity index (χ4v) is 2.03. The van der Waals surface area contributed by atoms with E-state index < -0.39 is 5.54 Å². The first-order valence-electron chi connectivity index (χ1n) is 6.40. The molecule has 96 valence electrons. The van der Waals surface area contributed by atoms with Gasteiger partial charge in [-0.15, -0.1) is 5.10 Å². The predicted molar refractivity (Wildman–Crippen MR) is 69.8 cm³/mol. The SMILES string of the molecule is N#CC1(n2cc(CNCc3ccccc3)nn2)CC1. The molecule has 0 amide bonds. The molecule has 1 aliphatic rings. The van der Waals surface area contributed by atoms with Crippen LogP contribution in [0.3, 0.4) is 0 Å². The summed E-state index contributed by atoms with van der Waals surface area (Å²) in [6.45, 7) is 1.47. The molecule has 0 unspecified atom stereocenters. The summed E-state index contributed by atoms with van der Waals surface area (Å²) in [6, 6.07) is 12.5. The molecule has 1 fully saturated rings. The minimum Gasteiger partial charge on any atom is -0.307 e. The maximum Gasteiger partial charge on any atom is 0.150 e. The van der Waals surface area contributed by atoms with E-state index in [1.165, 1.54) is 5.56 Å². The molecule has 5 nitrogen and oxygen atoms in total. The first-order valence-corrected chi connectivity index (χ1v) is 6.40. The lowest BCUT2D eigenvalue weighted by atomic mass is 10.2. The Morgan fingerprint density at radius 1 is 1.26 bits per heavy atom. The first-order chi connectivity index (χ1) is 9.32. The van der Waals surface area contributed by atoms with Crippen LogP contribution in [0.2, 0.25) is 0 Å². The summed E-state index contributed by atoms with van der Waals surface area (Å²) in [5, 5.41) is 20.6. The van der Waals surface area contributed by atoms with E-state index in [4.69, 9.17) is 5.26 Å². The Labute approximate surface area is 111 Å². The van der Waals surface area contributed by atoms with Crippen LogP contribution in [-0.4, -0.2) is 15.0 Å². The Morgan fingerprint density at radius 3 is 2.74 bits per heavy atom. The van der Waals surface area contributed by atoms with E-state index in [1.54, 1.807) is 4.68 Å². The first kappa shape index (κ1) is 11.9. The highest BCUT2D eigenvalue weighted by Crippen LogP contribution is 2.41. The zero-order valence-corrected chi connectivity index (χ0v) is 10.6. The number of nitrogens with zero attached hydrogens (tertiary/aromatic N) is 4. The molecular weight excluding hydrogens is 238 g/mol. The van der Waals surface area contributed by atoms with Crippen LogP contribution < -0.4 is 5.32 Å². The Bertz CT molecular complexity index is 592. The van der Waals surface area contributed by atoms with E-state index in [-0.39, 0.29) is 0 Å². The summed E-state index contributed by atoms with van der Waals surface area (Å²) in [5.74, 6) is 0. The lowest BCUT2D eigenvalue weighted by molar-refractivity contribution is 0.516. The average Bonchev–Trinajstić information content (AvgIpc) is 3.12. The summed E-state index contributed by atoms with van der Waals surface area (Å²) in [5.41, 5.74) is 1.70. The van der Waals surface area contributed by atoms with Gasteiger partial charge in [0, 0.05) is 13.1 Å². The summed E-state index contributed by atoms with van der Waals surface area (Å²) < 4.78 is 1.70. The second kappa shape index (κ2) is 4.82. The van der Waals surface area contributed by atoms with Gasteiger partial charge in [-0.25, -0.2) is 4.68 Å². The van der Waals surface area contributed by atoms with E-state index >= 15 is 0 Å². The van der Waals surface area contributed by atoms with Crippen LogP contribution in [0.15, 0.2) is 36.5 Å². The van der Waals surface area contributed by atoms with E-state index in [9.17, 15) is 0 Å². The van der Waals surface area contributed by atoms with Gasteiger partial charge in [0.1, 0.15) is 0 Å². The Hall–Kier alpha value is -2.19. The lowest BCUT2D eigenvalue weighted by Gasteiger charge is -2.03. The van der Waals surface area contributed by atoms with Crippen molar-refractivity contribution in [3.8, 4) is 6.07 Å². The molecule has 1 saturated carbocycles. The normalized spacial score (nSPS) is 15.9. The van der Waals surface area contributed by atoms with Gasteiger partial charge in [-0.3, -0.25) is 0 Å². The summed E-state index contributed by atoms with van der Waals surface area (Å²) in [7, 11) is 0. The van der Waals surface area contributed by atoms with Crippen LogP contribution in [-0.2, 0) is 18.6 Å². The van der Waals surface area contributed by atoms with Crippen molar-refractivity contribution in [1.29, 1.82) is 5.26 Å². The largest absolute Gasteiger partial charge is 0.307 e. The molecule has 1 aliphatic carbocycles. The van der Waals surface area contributed by atoms with Crippen molar-refractivity contribution in [3.63, 3.8) is 0 Å². The van der Waals surface area contributed by atoms with Crippen LogP contribution in [0.1, 0.15) is 24.1 Å². The number of hydrogen-bond donors (Lipinski definition) is 1. The number of nitriles is 1. The van der Waals surface area contributed by atoms with Crippen LogP contribution in [0.5, 0.6) is 0 Å². The molecule has 1 aromatic carbocycles. The molecule has 1 aromatic heterocycles. The molecule has 2 aromatic rings. The predicted octanol–water partition coefficient (Wildman–Crippen LogP) is 1.58.